The van der Waals surface area contributed by atoms with Gasteiger partial charge in [-0.15, -0.1) is 0 Å². The Kier molecular flexibility index (Phi) is 4.60. The topological polar surface area (TPSA) is 56.8 Å². The van der Waals surface area contributed by atoms with Crippen LogP contribution in [0.2, 0.25) is 0 Å². The van der Waals surface area contributed by atoms with Crippen LogP contribution < -0.4 is 19.5 Å². The van der Waals surface area contributed by atoms with Gasteiger partial charge >= 0.3 is 0 Å². The number of nitrogens with one attached hydrogen (secondary N) is 1. The van der Waals surface area contributed by atoms with Gasteiger partial charge in [-0.3, -0.25) is 4.79 Å². The Morgan fingerprint density at radius 2 is 1.75 bits per heavy atom. The quantitative estimate of drug-likeness (QED) is 0.886. The molecule has 5 heteroatoms. The predicted octanol–water partition coefficient (Wildman–Crippen LogP) is 3.00. The van der Waals surface area contributed by atoms with Gasteiger partial charge in [0, 0.05) is 12.0 Å². The number of amides is 1. The Bertz CT molecular complexity index is 744. The van der Waals surface area contributed by atoms with Gasteiger partial charge in [0.1, 0.15) is 17.2 Å². The molecule has 3 rings (SSSR count). The summed E-state index contributed by atoms with van der Waals surface area (Å²) < 4.78 is 15.9. The maximum atomic E-state index is 12.6. The number of ether oxygens (including phenoxy) is 3. The fraction of sp³-hybridized carbons (Fsp3) is 0.316. The third kappa shape index (κ3) is 3.15. The summed E-state index contributed by atoms with van der Waals surface area (Å²) in [7, 11) is 4.78. The third-order valence-corrected chi connectivity index (χ3v) is 4.30. The first kappa shape index (κ1) is 16.2. The lowest BCUT2D eigenvalue weighted by Gasteiger charge is -2.11. The minimum atomic E-state index is -0.159. The number of para-hydroxylation sites is 1. The largest absolute Gasteiger partial charge is 0.497 e. The normalized spacial score (nSPS) is 18.6. The van der Waals surface area contributed by atoms with E-state index in [1.807, 2.05) is 24.3 Å². The molecule has 1 amide bonds. The maximum Gasteiger partial charge on any atom is 0.255 e. The van der Waals surface area contributed by atoms with Crippen LogP contribution in [0, 0.1) is 0 Å². The number of rotatable bonds is 6. The minimum Gasteiger partial charge on any atom is -0.497 e. The highest BCUT2D eigenvalue weighted by molar-refractivity contribution is 5.97. The lowest BCUT2D eigenvalue weighted by Crippen LogP contribution is -2.27. The van der Waals surface area contributed by atoms with Crippen LogP contribution in [0.1, 0.15) is 28.3 Å². The summed E-state index contributed by atoms with van der Waals surface area (Å²) in [4.78, 5) is 12.6. The Balaban J connectivity index is 1.73. The van der Waals surface area contributed by atoms with Crippen molar-refractivity contribution in [3.8, 4) is 17.2 Å². The van der Waals surface area contributed by atoms with Crippen molar-refractivity contribution >= 4 is 5.91 Å². The predicted molar refractivity (Wildman–Crippen MR) is 91.2 cm³/mol. The van der Waals surface area contributed by atoms with Gasteiger partial charge in [0.15, 0.2) is 0 Å². The van der Waals surface area contributed by atoms with Crippen LogP contribution >= 0.6 is 0 Å². The molecule has 0 heterocycles. The SMILES string of the molecule is COc1ccc(OC)c(C(=O)N[C@H]2C[C@H]2c2ccccc2OC)c1. The average molecular weight is 327 g/mol. The van der Waals surface area contributed by atoms with Crippen LogP contribution in [0.3, 0.4) is 0 Å². The minimum absolute atomic E-state index is 0.102. The van der Waals surface area contributed by atoms with Crippen LogP contribution in [-0.2, 0) is 0 Å². The van der Waals surface area contributed by atoms with Crippen molar-refractivity contribution in [1.29, 1.82) is 0 Å². The summed E-state index contributed by atoms with van der Waals surface area (Å²) in [6.07, 6.45) is 0.901. The molecule has 126 valence electrons. The highest BCUT2D eigenvalue weighted by Crippen LogP contribution is 2.44. The van der Waals surface area contributed by atoms with E-state index in [9.17, 15) is 4.79 Å². The van der Waals surface area contributed by atoms with Crippen molar-refractivity contribution in [2.45, 2.75) is 18.4 Å². The van der Waals surface area contributed by atoms with E-state index in [1.165, 1.54) is 0 Å². The van der Waals surface area contributed by atoms with Crippen LogP contribution in [0.5, 0.6) is 17.2 Å². The number of carbonyl (C=O) groups excluding carboxylic acids is 1. The van der Waals surface area contributed by atoms with Gasteiger partial charge in [-0.25, -0.2) is 0 Å². The smallest absolute Gasteiger partial charge is 0.255 e. The van der Waals surface area contributed by atoms with E-state index >= 15 is 0 Å². The number of hydrogen-bond acceptors (Lipinski definition) is 4. The van der Waals surface area contributed by atoms with Crippen molar-refractivity contribution in [3.63, 3.8) is 0 Å². The molecule has 1 aliphatic rings. The van der Waals surface area contributed by atoms with Crippen LogP contribution in [-0.4, -0.2) is 33.3 Å². The standard InChI is InChI=1S/C19H21NO4/c1-22-12-8-9-18(24-3)15(10-12)19(21)20-16-11-14(16)13-6-4-5-7-17(13)23-2/h4-10,14,16H,11H2,1-3H3,(H,20,21)/t14-,16-/m0/s1. The molecule has 0 saturated heterocycles. The maximum absolute atomic E-state index is 12.6. The zero-order chi connectivity index (χ0) is 17.1. The fourth-order valence-electron chi connectivity index (χ4n) is 2.91. The van der Waals surface area contributed by atoms with E-state index in [-0.39, 0.29) is 17.9 Å². The number of carbonyl (C=O) groups is 1. The van der Waals surface area contributed by atoms with E-state index in [0.717, 1.165) is 17.7 Å². The van der Waals surface area contributed by atoms with E-state index in [4.69, 9.17) is 14.2 Å². The first-order chi connectivity index (χ1) is 11.7. The number of methoxy groups -OCH3 is 3. The lowest BCUT2D eigenvalue weighted by molar-refractivity contribution is 0.0947. The summed E-state index contributed by atoms with van der Waals surface area (Å²) in [5.41, 5.74) is 1.60. The fourth-order valence-corrected chi connectivity index (χ4v) is 2.91. The molecule has 0 radical (unpaired) electrons. The molecule has 1 saturated carbocycles. The zero-order valence-corrected chi connectivity index (χ0v) is 14.0. The monoisotopic (exact) mass is 327 g/mol. The van der Waals surface area contributed by atoms with Crippen molar-refractivity contribution in [1.82, 2.24) is 5.32 Å². The van der Waals surface area contributed by atoms with Crippen LogP contribution in [0.4, 0.5) is 0 Å². The molecule has 2 atom stereocenters. The molecule has 0 aliphatic heterocycles. The summed E-state index contributed by atoms with van der Waals surface area (Å²) in [6, 6.07) is 13.2. The molecule has 2 aromatic carbocycles. The molecule has 1 N–H and O–H groups in total. The molecule has 2 aromatic rings. The second-order valence-corrected chi connectivity index (χ2v) is 5.73. The molecular formula is C19H21NO4. The lowest BCUT2D eigenvalue weighted by atomic mass is 10.1. The number of benzene rings is 2. The molecule has 0 unspecified atom stereocenters. The van der Waals surface area contributed by atoms with Gasteiger partial charge < -0.3 is 19.5 Å². The van der Waals surface area contributed by atoms with Gasteiger partial charge in [-0.2, -0.15) is 0 Å². The van der Waals surface area contributed by atoms with Crippen molar-refractivity contribution in [2.24, 2.45) is 0 Å². The van der Waals surface area contributed by atoms with Gasteiger partial charge in [-0.05, 0) is 36.2 Å². The molecule has 24 heavy (non-hydrogen) atoms. The van der Waals surface area contributed by atoms with E-state index in [2.05, 4.69) is 5.32 Å². The second kappa shape index (κ2) is 6.83. The zero-order valence-electron chi connectivity index (χ0n) is 14.0. The Labute approximate surface area is 141 Å². The van der Waals surface area contributed by atoms with Gasteiger partial charge in [0.05, 0.1) is 26.9 Å². The van der Waals surface area contributed by atoms with E-state index in [0.29, 0.717) is 17.1 Å². The third-order valence-electron chi connectivity index (χ3n) is 4.30. The Morgan fingerprint density at radius 3 is 2.46 bits per heavy atom. The second-order valence-electron chi connectivity index (χ2n) is 5.73. The molecule has 1 aliphatic carbocycles. The van der Waals surface area contributed by atoms with E-state index in [1.54, 1.807) is 39.5 Å². The molecule has 0 bridgehead atoms. The molecule has 5 nitrogen and oxygen atoms in total. The summed E-state index contributed by atoms with van der Waals surface area (Å²) in [5, 5.41) is 3.07. The molecular weight excluding hydrogens is 306 g/mol. The summed E-state index contributed by atoms with van der Waals surface area (Å²) in [6.45, 7) is 0. The highest BCUT2D eigenvalue weighted by Gasteiger charge is 2.41. The molecule has 0 spiro atoms. The van der Waals surface area contributed by atoms with Crippen LogP contribution in [0.25, 0.3) is 0 Å². The Morgan fingerprint density at radius 1 is 1.00 bits per heavy atom. The van der Waals surface area contributed by atoms with Crippen molar-refractivity contribution < 1.29 is 19.0 Å². The first-order valence-electron chi connectivity index (χ1n) is 7.83. The summed E-state index contributed by atoms with van der Waals surface area (Å²) in [5.74, 6) is 2.13. The van der Waals surface area contributed by atoms with E-state index < -0.39 is 0 Å². The Hall–Kier alpha value is -2.69. The highest BCUT2D eigenvalue weighted by atomic mass is 16.5. The molecule has 1 fully saturated rings. The van der Waals surface area contributed by atoms with Gasteiger partial charge in [-0.1, -0.05) is 18.2 Å². The van der Waals surface area contributed by atoms with Gasteiger partial charge in [0.2, 0.25) is 0 Å². The van der Waals surface area contributed by atoms with Crippen LogP contribution in [0.15, 0.2) is 42.5 Å². The number of hydrogen-bond donors (Lipinski definition) is 1. The first-order valence-corrected chi connectivity index (χ1v) is 7.83. The molecule has 0 aromatic heterocycles. The van der Waals surface area contributed by atoms with Crippen molar-refractivity contribution in [3.05, 3.63) is 53.6 Å². The van der Waals surface area contributed by atoms with Gasteiger partial charge in [0.25, 0.3) is 5.91 Å². The average Bonchev–Trinajstić information content (AvgIpc) is 3.39. The summed E-state index contributed by atoms with van der Waals surface area (Å²) >= 11 is 0. The van der Waals surface area contributed by atoms with Crippen molar-refractivity contribution in [2.75, 3.05) is 21.3 Å².